The highest BCUT2D eigenvalue weighted by molar-refractivity contribution is 6.29. The summed E-state index contributed by atoms with van der Waals surface area (Å²) in [5.74, 6) is -0.0752. The molecule has 0 radical (unpaired) electrons. The molecule has 1 amide bonds. The summed E-state index contributed by atoms with van der Waals surface area (Å²) in [6, 6.07) is 4.11. The molecule has 1 fully saturated rings. The lowest BCUT2D eigenvalue weighted by atomic mass is 10.2. The normalized spacial score (nSPS) is 15.6. The predicted octanol–water partition coefficient (Wildman–Crippen LogP) is 2.90. The molecule has 1 N–H and O–H groups in total. The second-order valence-corrected chi connectivity index (χ2v) is 6.09. The molecule has 0 spiro atoms. The third-order valence-corrected chi connectivity index (χ3v) is 4.36. The molecule has 1 aromatic heterocycles. The van der Waals surface area contributed by atoms with Gasteiger partial charge in [-0.15, -0.1) is 0 Å². The van der Waals surface area contributed by atoms with Crippen LogP contribution in [0.1, 0.15) is 48.7 Å². The minimum Gasteiger partial charge on any atom is -0.351 e. The molecule has 1 heterocycles. The fourth-order valence-corrected chi connectivity index (χ4v) is 3.06. The first kappa shape index (κ1) is 16.2. The summed E-state index contributed by atoms with van der Waals surface area (Å²) >= 11 is 5.94. The highest BCUT2D eigenvalue weighted by atomic mass is 35.5. The number of halogens is 1. The van der Waals surface area contributed by atoms with Gasteiger partial charge in [0.15, 0.2) is 0 Å². The molecular formula is C16H24ClN3O. The predicted molar refractivity (Wildman–Crippen MR) is 85.8 cm³/mol. The van der Waals surface area contributed by atoms with Crippen LogP contribution < -0.4 is 5.32 Å². The number of nitrogens with one attached hydrogen (secondary N) is 1. The van der Waals surface area contributed by atoms with E-state index in [0.717, 1.165) is 18.7 Å². The Morgan fingerprint density at radius 1 is 1.43 bits per heavy atom. The van der Waals surface area contributed by atoms with Crippen LogP contribution >= 0.6 is 11.6 Å². The fraction of sp³-hybridized carbons (Fsp3) is 0.625. The van der Waals surface area contributed by atoms with E-state index in [-0.39, 0.29) is 5.91 Å². The van der Waals surface area contributed by atoms with Crippen LogP contribution in [0.25, 0.3) is 0 Å². The van der Waals surface area contributed by atoms with Gasteiger partial charge in [0.25, 0.3) is 5.91 Å². The number of pyridine rings is 1. The number of hydrogen-bond donors (Lipinski definition) is 1. The van der Waals surface area contributed by atoms with Gasteiger partial charge in [-0.05, 0) is 38.4 Å². The summed E-state index contributed by atoms with van der Waals surface area (Å²) in [5, 5.41) is 3.34. The zero-order chi connectivity index (χ0) is 15.2. The van der Waals surface area contributed by atoms with E-state index >= 15 is 0 Å². The molecule has 2 rings (SSSR count). The van der Waals surface area contributed by atoms with Crippen molar-refractivity contribution in [3.63, 3.8) is 0 Å². The number of aryl methyl sites for hydroxylation is 1. The van der Waals surface area contributed by atoms with Crippen molar-refractivity contribution >= 4 is 17.5 Å². The smallest absolute Gasteiger partial charge is 0.251 e. The highest BCUT2D eigenvalue weighted by Gasteiger charge is 2.19. The average molecular weight is 310 g/mol. The minimum atomic E-state index is -0.0752. The maximum Gasteiger partial charge on any atom is 0.251 e. The van der Waals surface area contributed by atoms with E-state index in [2.05, 4.69) is 22.2 Å². The van der Waals surface area contributed by atoms with Gasteiger partial charge >= 0.3 is 0 Å². The monoisotopic (exact) mass is 309 g/mol. The SMILES string of the molecule is CCc1cc(C(=O)NCCN(C)C2CCCC2)cc(Cl)n1. The lowest BCUT2D eigenvalue weighted by Crippen LogP contribution is -2.37. The first-order valence-corrected chi connectivity index (χ1v) is 8.13. The molecule has 1 saturated carbocycles. The van der Waals surface area contributed by atoms with Crippen molar-refractivity contribution in [2.75, 3.05) is 20.1 Å². The third-order valence-electron chi connectivity index (χ3n) is 4.17. The molecule has 0 aliphatic heterocycles. The lowest BCUT2D eigenvalue weighted by Gasteiger charge is -2.23. The van der Waals surface area contributed by atoms with Crippen molar-refractivity contribution in [1.29, 1.82) is 0 Å². The Bertz CT molecular complexity index is 486. The van der Waals surface area contributed by atoms with Crippen LogP contribution in [0.15, 0.2) is 12.1 Å². The largest absolute Gasteiger partial charge is 0.351 e. The van der Waals surface area contributed by atoms with Gasteiger partial charge in [-0.25, -0.2) is 4.98 Å². The van der Waals surface area contributed by atoms with Crippen molar-refractivity contribution in [1.82, 2.24) is 15.2 Å². The second kappa shape index (κ2) is 7.76. The van der Waals surface area contributed by atoms with E-state index in [9.17, 15) is 4.79 Å². The molecule has 0 bridgehead atoms. The number of likely N-dealkylation sites (N-methyl/N-ethyl adjacent to an activating group) is 1. The fourth-order valence-electron chi connectivity index (χ4n) is 2.84. The van der Waals surface area contributed by atoms with E-state index in [0.29, 0.717) is 23.3 Å². The summed E-state index contributed by atoms with van der Waals surface area (Å²) in [4.78, 5) is 18.7. The Morgan fingerprint density at radius 3 is 2.81 bits per heavy atom. The molecular weight excluding hydrogens is 286 g/mol. The zero-order valence-corrected chi connectivity index (χ0v) is 13.6. The van der Waals surface area contributed by atoms with E-state index in [1.54, 1.807) is 6.07 Å². The maximum absolute atomic E-state index is 12.2. The van der Waals surface area contributed by atoms with Crippen molar-refractivity contribution in [3.8, 4) is 0 Å². The van der Waals surface area contributed by atoms with Crippen LogP contribution in [0.2, 0.25) is 5.15 Å². The van der Waals surface area contributed by atoms with E-state index in [1.807, 2.05) is 13.0 Å². The molecule has 0 aromatic carbocycles. The number of carbonyl (C=O) groups is 1. The zero-order valence-electron chi connectivity index (χ0n) is 12.9. The van der Waals surface area contributed by atoms with Gasteiger partial charge in [-0.1, -0.05) is 31.4 Å². The van der Waals surface area contributed by atoms with Gasteiger partial charge in [0, 0.05) is 30.4 Å². The van der Waals surface area contributed by atoms with Gasteiger partial charge in [0.05, 0.1) is 0 Å². The highest BCUT2D eigenvalue weighted by Crippen LogP contribution is 2.21. The first-order valence-electron chi connectivity index (χ1n) is 7.75. The van der Waals surface area contributed by atoms with Crippen LogP contribution in [0.3, 0.4) is 0 Å². The quantitative estimate of drug-likeness (QED) is 0.822. The molecule has 21 heavy (non-hydrogen) atoms. The third kappa shape index (κ3) is 4.68. The Kier molecular flexibility index (Phi) is 6.00. The number of amides is 1. The summed E-state index contributed by atoms with van der Waals surface area (Å²) in [7, 11) is 2.14. The number of nitrogens with zero attached hydrogens (tertiary/aromatic N) is 2. The molecule has 0 atom stereocenters. The van der Waals surface area contributed by atoms with Gasteiger partial charge < -0.3 is 10.2 Å². The Balaban J connectivity index is 1.82. The molecule has 0 unspecified atom stereocenters. The molecule has 1 aromatic rings. The molecule has 0 saturated heterocycles. The van der Waals surface area contributed by atoms with E-state index in [1.165, 1.54) is 25.7 Å². The summed E-state index contributed by atoms with van der Waals surface area (Å²) in [5.41, 5.74) is 1.44. The standard InChI is InChI=1S/C16H24ClN3O/c1-3-13-10-12(11-15(17)19-13)16(21)18-8-9-20(2)14-6-4-5-7-14/h10-11,14H,3-9H2,1-2H3,(H,18,21). The van der Waals surface area contributed by atoms with Crippen LogP contribution in [0.4, 0.5) is 0 Å². The summed E-state index contributed by atoms with van der Waals surface area (Å²) < 4.78 is 0. The topological polar surface area (TPSA) is 45.2 Å². The minimum absolute atomic E-state index is 0.0752. The molecule has 5 heteroatoms. The first-order chi connectivity index (χ1) is 10.1. The maximum atomic E-state index is 12.2. The van der Waals surface area contributed by atoms with Crippen molar-refractivity contribution < 1.29 is 4.79 Å². The van der Waals surface area contributed by atoms with Crippen LogP contribution in [0, 0.1) is 0 Å². The molecule has 116 valence electrons. The average Bonchev–Trinajstić information content (AvgIpc) is 3.00. The molecule has 4 nitrogen and oxygen atoms in total. The molecule has 1 aliphatic carbocycles. The number of rotatable bonds is 6. The summed E-state index contributed by atoms with van der Waals surface area (Å²) in [6.07, 6.45) is 5.99. The van der Waals surface area contributed by atoms with Crippen LogP contribution in [-0.4, -0.2) is 42.0 Å². The molecule has 1 aliphatic rings. The van der Waals surface area contributed by atoms with Gasteiger partial charge in [-0.2, -0.15) is 0 Å². The number of aromatic nitrogens is 1. The Labute approximate surface area is 131 Å². The number of carbonyl (C=O) groups excluding carboxylic acids is 1. The second-order valence-electron chi connectivity index (χ2n) is 5.70. The van der Waals surface area contributed by atoms with Gasteiger partial charge in [0.2, 0.25) is 0 Å². The number of hydrogen-bond acceptors (Lipinski definition) is 3. The van der Waals surface area contributed by atoms with Gasteiger partial charge in [-0.3, -0.25) is 4.79 Å². The summed E-state index contributed by atoms with van der Waals surface area (Å²) in [6.45, 7) is 3.54. The van der Waals surface area contributed by atoms with Crippen LogP contribution in [0.5, 0.6) is 0 Å². The Morgan fingerprint density at radius 2 is 2.14 bits per heavy atom. The lowest BCUT2D eigenvalue weighted by molar-refractivity contribution is 0.0947. The van der Waals surface area contributed by atoms with Crippen LogP contribution in [-0.2, 0) is 6.42 Å². The van der Waals surface area contributed by atoms with Crippen molar-refractivity contribution in [2.24, 2.45) is 0 Å². The van der Waals surface area contributed by atoms with Gasteiger partial charge in [0.1, 0.15) is 5.15 Å². The van der Waals surface area contributed by atoms with Crippen molar-refractivity contribution in [3.05, 3.63) is 28.5 Å². The van der Waals surface area contributed by atoms with Crippen molar-refractivity contribution in [2.45, 2.75) is 45.1 Å². The Hall–Kier alpha value is -1.13. The van der Waals surface area contributed by atoms with E-state index in [4.69, 9.17) is 11.6 Å². The van der Waals surface area contributed by atoms with E-state index < -0.39 is 0 Å².